The lowest BCUT2D eigenvalue weighted by Crippen LogP contribution is -2.45. The van der Waals surface area contributed by atoms with Crippen LogP contribution in [0, 0.1) is 0 Å². The highest BCUT2D eigenvalue weighted by Gasteiger charge is 2.18. The first-order valence-electron chi connectivity index (χ1n) is 9.61. The minimum atomic E-state index is 0.824. The Kier molecular flexibility index (Phi) is 5.28. The fourth-order valence-corrected chi connectivity index (χ4v) is 4.34. The van der Waals surface area contributed by atoms with E-state index in [-0.39, 0.29) is 0 Å². The van der Waals surface area contributed by atoms with Gasteiger partial charge in [-0.2, -0.15) is 0 Å². The van der Waals surface area contributed by atoms with Crippen LogP contribution in [0.5, 0.6) is 0 Å². The van der Waals surface area contributed by atoms with Gasteiger partial charge in [0.2, 0.25) is 0 Å². The van der Waals surface area contributed by atoms with Crippen LogP contribution < -0.4 is 4.90 Å². The summed E-state index contributed by atoms with van der Waals surface area (Å²) in [6.45, 7) is 5.46. The van der Waals surface area contributed by atoms with Crippen molar-refractivity contribution >= 4 is 17.3 Å². The van der Waals surface area contributed by atoms with Crippen LogP contribution in [0.15, 0.2) is 42.5 Å². The maximum absolute atomic E-state index is 6.13. The number of anilines is 1. The van der Waals surface area contributed by atoms with Crippen LogP contribution in [0.1, 0.15) is 36.0 Å². The minimum absolute atomic E-state index is 0.824. The first-order valence-corrected chi connectivity index (χ1v) is 9.99. The summed E-state index contributed by atoms with van der Waals surface area (Å²) in [5, 5.41) is 0.824. The maximum Gasteiger partial charge on any atom is 0.0426 e. The minimum Gasteiger partial charge on any atom is -0.369 e. The van der Waals surface area contributed by atoms with Gasteiger partial charge in [-0.1, -0.05) is 42.3 Å². The third kappa shape index (κ3) is 4.19. The van der Waals surface area contributed by atoms with Crippen molar-refractivity contribution < 1.29 is 0 Å². The molecule has 2 aromatic carbocycles. The van der Waals surface area contributed by atoms with Crippen LogP contribution in [0.3, 0.4) is 0 Å². The number of piperazine rings is 1. The van der Waals surface area contributed by atoms with Crippen molar-refractivity contribution in [1.29, 1.82) is 0 Å². The predicted octanol–water partition coefficient (Wildman–Crippen LogP) is 4.93. The van der Waals surface area contributed by atoms with Crippen molar-refractivity contribution in [3.8, 4) is 0 Å². The number of hydrogen-bond acceptors (Lipinski definition) is 2. The topological polar surface area (TPSA) is 6.48 Å². The summed E-state index contributed by atoms with van der Waals surface area (Å²) < 4.78 is 0. The quantitative estimate of drug-likeness (QED) is 0.721. The lowest BCUT2D eigenvalue weighted by Gasteiger charge is -2.36. The van der Waals surface area contributed by atoms with Gasteiger partial charge in [0.15, 0.2) is 0 Å². The van der Waals surface area contributed by atoms with Gasteiger partial charge in [0.25, 0.3) is 0 Å². The molecule has 132 valence electrons. The Morgan fingerprint density at radius 2 is 1.60 bits per heavy atom. The summed E-state index contributed by atoms with van der Waals surface area (Å²) in [6.07, 6.45) is 6.64. The zero-order valence-corrected chi connectivity index (χ0v) is 15.6. The molecular weight excluding hydrogens is 328 g/mol. The van der Waals surface area contributed by atoms with Gasteiger partial charge < -0.3 is 4.90 Å². The first-order chi connectivity index (χ1) is 12.3. The van der Waals surface area contributed by atoms with Gasteiger partial charge in [-0.05, 0) is 60.6 Å². The van der Waals surface area contributed by atoms with Gasteiger partial charge in [-0.3, -0.25) is 4.90 Å². The second-order valence-electron chi connectivity index (χ2n) is 7.41. The van der Waals surface area contributed by atoms with Crippen LogP contribution >= 0.6 is 11.6 Å². The van der Waals surface area contributed by atoms with Crippen LogP contribution in [0.25, 0.3) is 0 Å². The first kappa shape index (κ1) is 16.9. The van der Waals surface area contributed by atoms with Gasteiger partial charge in [0.1, 0.15) is 0 Å². The zero-order valence-electron chi connectivity index (χ0n) is 14.9. The van der Waals surface area contributed by atoms with Crippen LogP contribution in [0.2, 0.25) is 5.02 Å². The molecular formula is C22H27ClN2. The number of fused-ring (bicyclic) bond motifs is 1. The molecule has 0 aromatic heterocycles. The lowest BCUT2D eigenvalue weighted by molar-refractivity contribution is 0.250. The van der Waals surface area contributed by atoms with Crippen molar-refractivity contribution in [2.45, 2.75) is 38.6 Å². The highest BCUT2D eigenvalue weighted by atomic mass is 35.5. The van der Waals surface area contributed by atoms with E-state index in [1.54, 1.807) is 11.1 Å². The van der Waals surface area contributed by atoms with Crippen LogP contribution in [-0.4, -0.2) is 31.1 Å². The SMILES string of the molecule is Clc1cccc(N2CCN(Cc3ccc4c(c3)CCCCC4)CC2)c1. The highest BCUT2D eigenvalue weighted by Crippen LogP contribution is 2.24. The van der Waals surface area contributed by atoms with E-state index in [1.807, 2.05) is 12.1 Å². The highest BCUT2D eigenvalue weighted by molar-refractivity contribution is 6.30. The van der Waals surface area contributed by atoms with E-state index in [4.69, 9.17) is 11.6 Å². The molecule has 1 aliphatic heterocycles. The van der Waals surface area contributed by atoms with E-state index >= 15 is 0 Å². The molecule has 0 saturated carbocycles. The third-order valence-corrected chi connectivity index (χ3v) is 5.85. The molecule has 1 saturated heterocycles. The fourth-order valence-electron chi connectivity index (χ4n) is 4.16. The van der Waals surface area contributed by atoms with E-state index in [0.29, 0.717) is 0 Å². The molecule has 0 radical (unpaired) electrons. The number of hydrogen-bond donors (Lipinski definition) is 0. The van der Waals surface area contributed by atoms with E-state index in [0.717, 1.165) is 37.7 Å². The van der Waals surface area contributed by atoms with Crippen molar-refractivity contribution in [3.05, 3.63) is 64.2 Å². The normalized spacial score (nSPS) is 18.7. The van der Waals surface area contributed by atoms with Gasteiger partial charge in [0.05, 0.1) is 0 Å². The summed E-state index contributed by atoms with van der Waals surface area (Å²) in [5.41, 5.74) is 5.92. The lowest BCUT2D eigenvalue weighted by atomic mass is 10.00. The van der Waals surface area contributed by atoms with E-state index < -0.39 is 0 Å². The Balaban J connectivity index is 1.36. The number of benzene rings is 2. The molecule has 3 heteroatoms. The van der Waals surface area contributed by atoms with E-state index in [9.17, 15) is 0 Å². The number of aryl methyl sites for hydroxylation is 2. The monoisotopic (exact) mass is 354 g/mol. The Morgan fingerprint density at radius 1 is 0.800 bits per heavy atom. The molecule has 0 atom stereocenters. The molecule has 4 rings (SSSR count). The summed E-state index contributed by atoms with van der Waals surface area (Å²) in [5.74, 6) is 0. The molecule has 1 aliphatic carbocycles. The third-order valence-electron chi connectivity index (χ3n) is 5.61. The van der Waals surface area contributed by atoms with Crippen LogP contribution in [0.4, 0.5) is 5.69 Å². The van der Waals surface area contributed by atoms with Crippen LogP contribution in [-0.2, 0) is 19.4 Å². The molecule has 0 spiro atoms. The smallest absolute Gasteiger partial charge is 0.0426 e. The summed E-state index contributed by atoms with van der Waals surface area (Å²) in [7, 11) is 0. The Labute approximate surface area is 156 Å². The molecule has 1 heterocycles. The Bertz CT molecular complexity index is 720. The zero-order chi connectivity index (χ0) is 17.1. The molecule has 0 amide bonds. The van der Waals surface area contributed by atoms with Gasteiger partial charge in [-0.15, -0.1) is 0 Å². The van der Waals surface area contributed by atoms with E-state index in [1.165, 1.54) is 43.4 Å². The number of nitrogens with zero attached hydrogens (tertiary/aromatic N) is 2. The van der Waals surface area contributed by atoms with Crippen molar-refractivity contribution in [2.24, 2.45) is 0 Å². The standard InChI is InChI=1S/C22H27ClN2/c23-21-7-4-8-22(16-21)25-13-11-24(12-14-25)17-18-9-10-19-5-2-1-3-6-20(19)15-18/h4,7-10,15-16H,1-3,5-6,11-14,17H2. The van der Waals surface area contributed by atoms with Crippen molar-refractivity contribution in [1.82, 2.24) is 4.90 Å². The molecule has 25 heavy (non-hydrogen) atoms. The second kappa shape index (κ2) is 7.80. The average Bonchev–Trinajstić information content (AvgIpc) is 2.87. The molecule has 2 aliphatic rings. The molecule has 2 nitrogen and oxygen atoms in total. The summed E-state index contributed by atoms with van der Waals surface area (Å²) in [6, 6.07) is 15.4. The van der Waals surface area contributed by atoms with Gasteiger partial charge in [0, 0.05) is 43.4 Å². The predicted molar refractivity (Wildman–Crippen MR) is 107 cm³/mol. The van der Waals surface area contributed by atoms with Gasteiger partial charge in [-0.25, -0.2) is 0 Å². The molecule has 0 unspecified atom stereocenters. The van der Waals surface area contributed by atoms with E-state index in [2.05, 4.69) is 40.1 Å². The van der Waals surface area contributed by atoms with Gasteiger partial charge >= 0.3 is 0 Å². The largest absolute Gasteiger partial charge is 0.369 e. The molecule has 0 N–H and O–H groups in total. The summed E-state index contributed by atoms with van der Waals surface area (Å²) >= 11 is 6.13. The number of rotatable bonds is 3. The molecule has 2 aromatic rings. The fraction of sp³-hybridized carbons (Fsp3) is 0.455. The molecule has 0 bridgehead atoms. The number of halogens is 1. The van der Waals surface area contributed by atoms with Crippen molar-refractivity contribution in [3.63, 3.8) is 0 Å². The second-order valence-corrected chi connectivity index (χ2v) is 7.84. The molecule has 1 fully saturated rings. The Hall–Kier alpha value is -1.51. The summed E-state index contributed by atoms with van der Waals surface area (Å²) in [4.78, 5) is 5.03. The maximum atomic E-state index is 6.13. The van der Waals surface area contributed by atoms with Crippen molar-refractivity contribution in [2.75, 3.05) is 31.1 Å². The Morgan fingerprint density at radius 3 is 2.40 bits per heavy atom. The average molecular weight is 355 g/mol.